The van der Waals surface area contributed by atoms with Gasteiger partial charge in [-0.25, -0.2) is 4.68 Å². The summed E-state index contributed by atoms with van der Waals surface area (Å²) in [6, 6.07) is 3.09. The van der Waals surface area contributed by atoms with Crippen molar-refractivity contribution >= 4 is 12.0 Å². The number of rotatable bonds is 4. The maximum atomic E-state index is 13.9. The van der Waals surface area contributed by atoms with Crippen LogP contribution >= 0.6 is 0 Å². The van der Waals surface area contributed by atoms with Crippen molar-refractivity contribution in [3.63, 3.8) is 0 Å². The number of benzene rings is 1. The second-order valence-corrected chi connectivity index (χ2v) is 10.3. The van der Waals surface area contributed by atoms with Crippen molar-refractivity contribution in [3.8, 4) is 0 Å². The third-order valence-electron chi connectivity index (χ3n) is 7.93. The number of nitrogens with zero attached hydrogens (tertiary/aromatic N) is 6. The van der Waals surface area contributed by atoms with Gasteiger partial charge in [0.2, 0.25) is 11.8 Å². The summed E-state index contributed by atoms with van der Waals surface area (Å²) < 4.78 is 87.2. The summed E-state index contributed by atoms with van der Waals surface area (Å²) in [4.78, 5) is 6.51. The van der Waals surface area contributed by atoms with Crippen molar-refractivity contribution in [1.82, 2.24) is 25.0 Å². The molecule has 6 rings (SSSR count). The largest absolute Gasteiger partial charge is 0.416 e. The van der Waals surface area contributed by atoms with Crippen molar-refractivity contribution in [2.24, 2.45) is 11.8 Å². The summed E-state index contributed by atoms with van der Waals surface area (Å²) in [6.45, 7) is 3.03. The zero-order chi connectivity index (χ0) is 26.8. The minimum Gasteiger partial charge on any atom is -0.408 e. The quantitative estimate of drug-likeness (QED) is 0.446. The van der Waals surface area contributed by atoms with Gasteiger partial charge in [-0.2, -0.15) is 31.3 Å². The summed E-state index contributed by atoms with van der Waals surface area (Å²) in [5, 5.41) is 15.5. The van der Waals surface area contributed by atoms with Crippen LogP contribution in [-0.4, -0.2) is 50.3 Å². The van der Waals surface area contributed by atoms with E-state index in [0.29, 0.717) is 30.6 Å². The van der Waals surface area contributed by atoms with E-state index in [1.807, 2.05) is 4.90 Å². The van der Waals surface area contributed by atoms with E-state index >= 15 is 0 Å². The number of alkyl halides is 6. The number of nitrogens with one attached hydrogen (secondary N) is 1. The molecule has 1 saturated heterocycles. The maximum absolute atomic E-state index is 13.9. The fourth-order valence-electron chi connectivity index (χ4n) is 6.14. The minimum absolute atomic E-state index is 0.0337. The van der Waals surface area contributed by atoms with E-state index < -0.39 is 29.9 Å². The van der Waals surface area contributed by atoms with Crippen LogP contribution in [0.5, 0.6) is 0 Å². The van der Waals surface area contributed by atoms with Gasteiger partial charge in [-0.15, -0.1) is 10.2 Å². The lowest BCUT2D eigenvalue weighted by Crippen LogP contribution is -2.48. The van der Waals surface area contributed by atoms with Crippen molar-refractivity contribution in [2.45, 2.75) is 63.0 Å². The first kappa shape index (κ1) is 25.0. The molecule has 0 spiro atoms. The predicted octanol–water partition coefficient (Wildman–Crippen LogP) is 5.34. The third kappa shape index (κ3) is 4.47. The Hall–Kier alpha value is -3.32. The average Bonchev–Trinajstić information content (AvgIpc) is 3.53. The third-order valence-corrected chi connectivity index (χ3v) is 7.93. The first-order chi connectivity index (χ1) is 18.0. The predicted molar refractivity (Wildman–Crippen MR) is 123 cm³/mol. The molecule has 3 aliphatic rings. The molecule has 2 aromatic heterocycles. The van der Waals surface area contributed by atoms with E-state index in [1.165, 1.54) is 12.1 Å². The topological polar surface area (TPSA) is 84.9 Å². The zero-order valence-electron chi connectivity index (χ0n) is 20.3. The van der Waals surface area contributed by atoms with Crippen LogP contribution in [0.4, 0.5) is 38.3 Å². The van der Waals surface area contributed by atoms with Gasteiger partial charge in [0.05, 0.1) is 5.56 Å². The molecule has 38 heavy (non-hydrogen) atoms. The molecule has 2 aliphatic heterocycles. The first-order valence-electron chi connectivity index (χ1n) is 12.5. The molecule has 2 fully saturated rings. The molecule has 1 N–H and O–H groups in total. The fourth-order valence-corrected chi connectivity index (χ4v) is 6.14. The normalized spacial score (nSPS) is 27.4. The minimum atomic E-state index is -4.53. The highest BCUT2D eigenvalue weighted by Crippen LogP contribution is 2.45. The Morgan fingerprint density at radius 2 is 1.61 bits per heavy atom. The Kier molecular flexibility index (Phi) is 5.83. The molecule has 1 aliphatic carbocycles. The van der Waals surface area contributed by atoms with Gasteiger partial charge >= 0.3 is 18.4 Å². The van der Waals surface area contributed by atoms with Crippen LogP contribution in [0.15, 0.2) is 28.7 Å². The summed E-state index contributed by atoms with van der Waals surface area (Å²) >= 11 is 0. The average molecular weight is 542 g/mol. The lowest BCUT2D eigenvalue weighted by atomic mass is 9.88. The molecule has 5 atom stereocenters. The fraction of sp³-hybridized carbons (Fsp3) is 0.583. The molecule has 0 amide bonds. The van der Waals surface area contributed by atoms with Gasteiger partial charge in [0.25, 0.3) is 0 Å². The van der Waals surface area contributed by atoms with Crippen molar-refractivity contribution in [3.05, 3.63) is 47.1 Å². The van der Waals surface area contributed by atoms with Crippen LogP contribution in [0, 0.1) is 18.8 Å². The number of fused-ring (bicyclic) bond motifs is 3. The number of piperidine rings is 1. The molecule has 4 heterocycles. The van der Waals surface area contributed by atoms with E-state index in [-0.39, 0.29) is 42.5 Å². The highest BCUT2D eigenvalue weighted by Gasteiger charge is 2.48. The number of aryl methyl sites for hydroxylation is 1. The van der Waals surface area contributed by atoms with Crippen LogP contribution in [0.3, 0.4) is 0 Å². The highest BCUT2D eigenvalue weighted by molar-refractivity contribution is 5.37. The van der Waals surface area contributed by atoms with Crippen LogP contribution in [0.2, 0.25) is 0 Å². The van der Waals surface area contributed by atoms with Gasteiger partial charge in [0.15, 0.2) is 0 Å². The molecule has 1 saturated carbocycles. The van der Waals surface area contributed by atoms with Gasteiger partial charge in [0.1, 0.15) is 11.9 Å². The summed E-state index contributed by atoms with van der Waals surface area (Å²) in [5.74, 6) is 0.459. The zero-order valence-corrected chi connectivity index (χ0v) is 20.3. The molecule has 3 unspecified atom stereocenters. The molecule has 0 radical (unpaired) electrons. The van der Waals surface area contributed by atoms with Crippen LogP contribution in [0.25, 0.3) is 0 Å². The number of hydrogen-bond acceptors (Lipinski definition) is 7. The number of halogens is 6. The molecule has 3 aromatic rings. The molecule has 2 bridgehead atoms. The van der Waals surface area contributed by atoms with Gasteiger partial charge in [-0.1, -0.05) is 17.2 Å². The SMILES string of the molecule is Cc1nnc(N2C[C@H]3CC[C@@H](C2)C3Nc2nc3n(n2)C(C(F)(F)F)CCC3c2ccc(C(F)(F)F)cc2)o1. The highest BCUT2D eigenvalue weighted by atomic mass is 19.4. The number of aromatic nitrogens is 5. The molecule has 204 valence electrons. The number of hydrogen-bond donors (Lipinski definition) is 1. The van der Waals surface area contributed by atoms with E-state index in [9.17, 15) is 26.3 Å². The van der Waals surface area contributed by atoms with Crippen LogP contribution in [0.1, 0.15) is 60.5 Å². The Balaban J connectivity index is 1.26. The lowest BCUT2D eigenvalue weighted by Gasteiger charge is -2.37. The van der Waals surface area contributed by atoms with E-state index in [2.05, 4.69) is 25.6 Å². The first-order valence-corrected chi connectivity index (χ1v) is 12.5. The smallest absolute Gasteiger partial charge is 0.408 e. The van der Waals surface area contributed by atoms with Crippen LogP contribution < -0.4 is 10.2 Å². The van der Waals surface area contributed by atoms with Gasteiger partial charge in [-0.05, 0) is 55.2 Å². The van der Waals surface area contributed by atoms with Crippen molar-refractivity contribution < 1.29 is 30.8 Å². The van der Waals surface area contributed by atoms with Crippen molar-refractivity contribution in [2.75, 3.05) is 23.3 Å². The standard InChI is InChI=1S/C24H25F6N7O/c1-12-33-34-22(38-12)36-10-14-2-3-15(11-36)19(14)31-21-32-20-17(8-9-18(24(28,29)30)37(20)35-21)13-4-6-16(7-5-13)23(25,26)27/h4-7,14-15,17-19H,2-3,8-11H2,1H3,(H,31,35)/t14-,15+,17?,18?,19?. The van der Waals surface area contributed by atoms with Crippen LogP contribution in [-0.2, 0) is 6.18 Å². The summed E-state index contributed by atoms with van der Waals surface area (Å²) in [6.07, 6.45) is -7.31. The summed E-state index contributed by atoms with van der Waals surface area (Å²) in [5.41, 5.74) is -0.339. The molecular weight excluding hydrogens is 516 g/mol. The van der Waals surface area contributed by atoms with E-state index in [1.54, 1.807) is 6.92 Å². The molecule has 14 heteroatoms. The molecule has 8 nitrogen and oxygen atoms in total. The van der Waals surface area contributed by atoms with Gasteiger partial charge in [0, 0.05) is 32.0 Å². The second kappa shape index (κ2) is 8.87. The van der Waals surface area contributed by atoms with Gasteiger partial charge < -0.3 is 14.6 Å². The van der Waals surface area contributed by atoms with Gasteiger partial charge in [-0.3, -0.25) is 0 Å². The summed E-state index contributed by atoms with van der Waals surface area (Å²) in [7, 11) is 0. The second-order valence-electron chi connectivity index (χ2n) is 10.3. The van der Waals surface area contributed by atoms with Crippen molar-refractivity contribution in [1.29, 1.82) is 0 Å². The maximum Gasteiger partial charge on any atom is 0.416 e. The Morgan fingerprint density at radius 1 is 0.921 bits per heavy atom. The molecule has 1 aromatic carbocycles. The Labute approximate surface area is 213 Å². The molecular formula is C24H25F6N7O. The monoisotopic (exact) mass is 541 g/mol. The van der Waals surface area contributed by atoms with E-state index in [4.69, 9.17) is 4.42 Å². The number of anilines is 2. The Morgan fingerprint density at radius 3 is 2.18 bits per heavy atom. The Bertz CT molecular complexity index is 1290. The van der Waals surface area contributed by atoms with E-state index in [0.717, 1.165) is 29.7 Å². The lowest BCUT2D eigenvalue weighted by molar-refractivity contribution is -0.175.